The van der Waals surface area contributed by atoms with Gasteiger partial charge in [0.2, 0.25) is 0 Å². The van der Waals surface area contributed by atoms with Crippen molar-refractivity contribution in [3.63, 3.8) is 0 Å². The van der Waals surface area contributed by atoms with Crippen LogP contribution >= 0.6 is 0 Å². The zero-order chi connectivity index (χ0) is 15.4. The summed E-state index contributed by atoms with van der Waals surface area (Å²) in [6.07, 6.45) is 0.576. The summed E-state index contributed by atoms with van der Waals surface area (Å²) >= 11 is 0. The van der Waals surface area contributed by atoms with E-state index in [9.17, 15) is 14.0 Å². The van der Waals surface area contributed by atoms with Crippen molar-refractivity contribution in [3.8, 4) is 0 Å². The molecule has 0 spiro atoms. The molecule has 1 aromatic rings. The van der Waals surface area contributed by atoms with Gasteiger partial charge in [0.15, 0.2) is 0 Å². The highest BCUT2D eigenvalue weighted by Gasteiger charge is 2.31. The van der Waals surface area contributed by atoms with Crippen LogP contribution in [0.4, 0.5) is 9.18 Å². The van der Waals surface area contributed by atoms with Crippen molar-refractivity contribution < 1.29 is 19.1 Å². The van der Waals surface area contributed by atoms with E-state index in [-0.39, 0.29) is 30.9 Å². The first-order chi connectivity index (χ1) is 9.97. The van der Waals surface area contributed by atoms with Crippen LogP contribution in [-0.4, -0.2) is 35.1 Å². The Kier molecular flexibility index (Phi) is 4.77. The molecule has 114 valence electrons. The number of hydrogen-bond donors (Lipinski definition) is 2. The van der Waals surface area contributed by atoms with Gasteiger partial charge in [-0.25, -0.2) is 9.18 Å². The SMILES string of the molecule is CC1CC(C(=O)O)CN(C(=O)NCc2ccccc2F)C1. The lowest BCUT2D eigenvalue weighted by Crippen LogP contribution is -2.49. The highest BCUT2D eigenvalue weighted by Crippen LogP contribution is 2.21. The van der Waals surface area contributed by atoms with E-state index < -0.39 is 11.9 Å². The predicted molar refractivity (Wildman–Crippen MR) is 75.1 cm³/mol. The number of halogens is 1. The molecule has 1 saturated heterocycles. The Morgan fingerprint density at radius 3 is 2.76 bits per heavy atom. The Hall–Kier alpha value is -2.11. The minimum Gasteiger partial charge on any atom is -0.481 e. The second kappa shape index (κ2) is 6.56. The van der Waals surface area contributed by atoms with E-state index in [0.717, 1.165) is 0 Å². The van der Waals surface area contributed by atoms with Gasteiger partial charge in [-0.2, -0.15) is 0 Å². The van der Waals surface area contributed by atoms with E-state index in [1.165, 1.54) is 11.0 Å². The van der Waals surface area contributed by atoms with Crippen LogP contribution in [0.25, 0.3) is 0 Å². The lowest BCUT2D eigenvalue weighted by molar-refractivity contribution is -0.143. The molecule has 1 heterocycles. The molecule has 1 aliphatic heterocycles. The number of benzene rings is 1. The van der Waals surface area contributed by atoms with Crippen molar-refractivity contribution in [3.05, 3.63) is 35.6 Å². The number of hydrogen-bond acceptors (Lipinski definition) is 2. The average molecular weight is 294 g/mol. The van der Waals surface area contributed by atoms with E-state index >= 15 is 0 Å². The van der Waals surface area contributed by atoms with Crippen molar-refractivity contribution in [1.82, 2.24) is 10.2 Å². The van der Waals surface area contributed by atoms with Gasteiger partial charge in [-0.1, -0.05) is 25.1 Å². The van der Waals surface area contributed by atoms with Gasteiger partial charge in [-0.05, 0) is 18.4 Å². The Morgan fingerprint density at radius 1 is 1.38 bits per heavy atom. The Morgan fingerprint density at radius 2 is 2.10 bits per heavy atom. The molecule has 5 nitrogen and oxygen atoms in total. The first-order valence-corrected chi connectivity index (χ1v) is 6.96. The molecule has 0 radical (unpaired) electrons. The maximum absolute atomic E-state index is 13.5. The third-order valence-electron chi connectivity index (χ3n) is 3.68. The fraction of sp³-hybridized carbons (Fsp3) is 0.467. The molecule has 2 N–H and O–H groups in total. The molecule has 21 heavy (non-hydrogen) atoms. The van der Waals surface area contributed by atoms with Crippen molar-refractivity contribution in [2.45, 2.75) is 19.9 Å². The average Bonchev–Trinajstić information content (AvgIpc) is 2.45. The number of carbonyl (C=O) groups is 2. The summed E-state index contributed by atoms with van der Waals surface area (Å²) in [5.41, 5.74) is 0.408. The second-order valence-electron chi connectivity index (χ2n) is 5.53. The van der Waals surface area contributed by atoms with Crippen molar-refractivity contribution >= 4 is 12.0 Å². The van der Waals surface area contributed by atoms with Crippen LogP contribution < -0.4 is 5.32 Å². The number of nitrogens with one attached hydrogen (secondary N) is 1. The Bertz CT molecular complexity index is 535. The number of likely N-dealkylation sites (tertiary alicyclic amines) is 1. The summed E-state index contributed by atoms with van der Waals surface area (Å²) in [6, 6.07) is 5.88. The molecule has 0 bridgehead atoms. The van der Waals surface area contributed by atoms with Gasteiger partial charge in [-0.15, -0.1) is 0 Å². The summed E-state index contributed by atoms with van der Waals surface area (Å²) in [5, 5.41) is 11.7. The van der Waals surface area contributed by atoms with E-state index in [1.807, 2.05) is 6.92 Å². The summed E-state index contributed by atoms with van der Waals surface area (Å²) in [4.78, 5) is 24.7. The van der Waals surface area contributed by atoms with Gasteiger partial charge >= 0.3 is 12.0 Å². The van der Waals surface area contributed by atoms with Crippen LogP contribution in [-0.2, 0) is 11.3 Å². The largest absolute Gasteiger partial charge is 0.481 e. The minimum atomic E-state index is -0.881. The highest BCUT2D eigenvalue weighted by atomic mass is 19.1. The minimum absolute atomic E-state index is 0.0914. The predicted octanol–water partition coefficient (Wildman–Crippen LogP) is 2.08. The molecule has 0 aliphatic carbocycles. The number of piperidine rings is 1. The number of carboxylic acid groups (broad SMARTS) is 1. The number of rotatable bonds is 3. The zero-order valence-corrected chi connectivity index (χ0v) is 11.9. The topological polar surface area (TPSA) is 69.6 Å². The number of urea groups is 1. The van der Waals surface area contributed by atoms with Gasteiger partial charge in [-0.3, -0.25) is 4.79 Å². The van der Waals surface area contributed by atoms with Crippen molar-refractivity contribution in [2.75, 3.05) is 13.1 Å². The quantitative estimate of drug-likeness (QED) is 0.896. The van der Waals surface area contributed by atoms with E-state index in [1.54, 1.807) is 18.2 Å². The maximum Gasteiger partial charge on any atom is 0.317 e. The van der Waals surface area contributed by atoms with Crippen LogP contribution in [0.3, 0.4) is 0 Å². The third-order valence-corrected chi connectivity index (χ3v) is 3.68. The molecule has 1 aliphatic rings. The monoisotopic (exact) mass is 294 g/mol. The van der Waals surface area contributed by atoms with Gasteiger partial charge in [0.25, 0.3) is 0 Å². The molecule has 2 atom stereocenters. The van der Waals surface area contributed by atoms with E-state index in [2.05, 4.69) is 5.32 Å². The van der Waals surface area contributed by atoms with E-state index in [0.29, 0.717) is 18.5 Å². The normalized spacial score (nSPS) is 21.9. The van der Waals surface area contributed by atoms with Crippen LogP contribution in [0.5, 0.6) is 0 Å². The fourth-order valence-corrected chi connectivity index (χ4v) is 2.62. The first-order valence-electron chi connectivity index (χ1n) is 6.96. The molecule has 2 amide bonds. The number of amides is 2. The third kappa shape index (κ3) is 3.93. The summed E-state index contributed by atoms with van der Waals surface area (Å²) in [7, 11) is 0. The number of nitrogens with zero attached hydrogens (tertiary/aromatic N) is 1. The molecule has 2 rings (SSSR count). The highest BCUT2D eigenvalue weighted by molar-refractivity contribution is 5.76. The first kappa shape index (κ1) is 15.3. The molecule has 6 heteroatoms. The van der Waals surface area contributed by atoms with Gasteiger partial charge in [0.1, 0.15) is 5.82 Å². The Labute approximate surface area is 122 Å². The van der Waals surface area contributed by atoms with Gasteiger partial charge < -0.3 is 15.3 Å². The Balaban J connectivity index is 1.93. The molecular formula is C15H19FN2O3. The number of carbonyl (C=O) groups excluding carboxylic acids is 1. The number of aliphatic carboxylic acids is 1. The van der Waals surface area contributed by atoms with Gasteiger partial charge in [0, 0.05) is 25.2 Å². The van der Waals surface area contributed by atoms with Crippen molar-refractivity contribution in [2.24, 2.45) is 11.8 Å². The van der Waals surface area contributed by atoms with Crippen LogP contribution in [0.1, 0.15) is 18.9 Å². The standard InChI is InChI=1S/C15H19FN2O3/c1-10-6-12(14(19)20)9-18(8-10)15(21)17-7-11-4-2-3-5-13(11)16/h2-5,10,12H,6-9H2,1H3,(H,17,21)(H,19,20). The molecule has 1 aromatic carbocycles. The smallest absolute Gasteiger partial charge is 0.317 e. The molecule has 0 aromatic heterocycles. The molecular weight excluding hydrogens is 275 g/mol. The molecule has 2 unspecified atom stereocenters. The maximum atomic E-state index is 13.5. The summed E-state index contributed by atoms with van der Waals surface area (Å²) in [6.45, 7) is 2.73. The lowest BCUT2D eigenvalue weighted by atomic mass is 9.91. The van der Waals surface area contributed by atoms with Crippen LogP contribution in [0.2, 0.25) is 0 Å². The van der Waals surface area contributed by atoms with Crippen LogP contribution in [0, 0.1) is 17.7 Å². The second-order valence-corrected chi connectivity index (χ2v) is 5.53. The van der Waals surface area contributed by atoms with Gasteiger partial charge in [0.05, 0.1) is 5.92 Å². The zero-order valence-electron chi connectivity index (χ0n) is 11.9. The van der Waals surface area contributed by atoms with Crippen molar-refractivity contribution in [1.29, 1.82) is 0 Å². The summed E-state index contributed by atoms with van der Waals surface area (Å²) in [5.74, 6) is -1.64. The molecule has 1 fully saturated rings. The number of carboxylic acids is 1. The van der Waals surface area contributed by atoms with E-state index in [4.69, 9.17) is 5.11 Å². The molecule has 0 saturated carbocycles. The fourth-order valence-electron chi connectivity index (χ4n) is 2.62. The lowest BCUT2D eigenvalue weighted by Gasteiger charge is -2.34. The summed E-state index contributed by atoms with van der Waals surface area (Å²) < 4.78 is 13.5. The van der Waals surface area contributed by atoms with Crippen LogP contribution in [0.15, 0.2) is 24.3 Å².